The van der Waals surface area contributed by atoms with Gasteiger partial charge in [0.1, 0.15) is 6.61 Å². The first-order valence-corrected chi connectivity index (χ1v) is 9.38. The van der Waals surface area contributed by atoms with Crippen molar-refractivity contribution in [2.24, 2.45) is 11.8 Å². The van der Waals surface area contributed by atoms with Gasteiger partial charge < -0.3 is 15.4 Å². The van der Waals surface area contributed by atoms with Crippen molar-refractivity contribution >= 4 is 17.7 Å². The molecule has 2 N–H and O–H groups in total. The van der Waals surface area contributed by atoms with Crippen molar-refractivity contribution in [1.29, 1.82) is 0 Å². The number of hydrogen-bond donors (Lipinski definition) is 2. The second-order valence-electron chi connectivity index (χ2n) is 6.82. The fraction of sp³-hybridized carbons (Fsp3) is 0.381. The van der Waals surface area contributed by atoms with Crippen molar-refractivity contribution in [3.8, 4) is 0 Å². The third-order valence-corrected chi connectivity index (χ3v) is 4.90. The molecule has 2 aromatic rings. The van der Waals surface area contributed by atoms with Gasteiger partial charge in [-0.15, -0.1) is 0 Å². The summed E-state index contributed by atoms with van der Waals surface area (Å²) < 4.78 is 5.25. The average Bonchev–Trinajstić information content (AvgIpc) is 2.72. The Bertz CT molecular complexity index is 737. The summed E-state index contributed by atoms with van der Waals surface area (Å²) in [5, 5.41) is 5.75. The zero-order chi connectivity index (χ0) is 18.9. The van der Waals surface area contributed by atoms with E-state index in [1.165, 1.54) is 0 Å². The van der Waals surface area contributed by atoms with Crippen LogP contribution in [0.4, 0.5) is 10.5 Å². The first-order valence-electron chi connectivity index (χ1n) is 9.38. The molecule has 1 heterocycles. The fourth-order valence-corrected chi connectivity index (χ4v) is 3.46. The number of nitrogens with zero attached hydrogens (tertiary/aromatic N) is 1. The molecule has 0 aliphatic heterocycles. The van der Waals surface area contributed by atoms with Gasteiger partial charge in [-0.2, -0.15) is 0 Å². The van der Waals surface area contributed by atoms with Crippen LogP contribution in [0, 0.1) is 11.8 Å². The SMILES string of the molecule is O=C(NCC1CCCCC1C(=O)Nc1cccnc1)OCc1ccccc1. The molecule has 1 aliphatic carbocycles. The number of anilines is 1. The van der Waals surface area contributed by atoms with Gasteiger partial charge in [0.25, 0.3) is 0 Å². The van der Waals surface area contributed by atoms with Crippen LogP contribution in [0.3, 0.4) is 0 Å². The number of nitrogens with one attached hydrogen (secondary N) is 2. The number of ether oxygens (including phenoxy) is 1. The Morgan fingerprint density at radius 1 is 1.07 bits per heavy atom. The van der Waals surface area contributed by atoms with E-state index in [9.17, 15) is 9.59 Å². The lowest BCUT2D eigenvalue weighted by Crippen LogP contribution is -2.39. The van der Waals surface area contributed by atoms with Gasteiger partial charge in [0.05, 0.1) is 11.9 Å². The van der Waals surface area contributed by atoms with Crippen LogP contribution < -0.4 is 10.6 Å². The van der Waals surface area contributed by atoms with Gasteiger partial charge in [0.2, 0.25) is 5.91 Å². The Morgan fingerprint density at radius 2 is 1.89 bits per heavy atom. The van der Waals surface area contributed by atoms with Gasteiger partial charge in [-0.25, -0.2) is 4.79 Å². The molecule has 3 rings (SSSR count). The number of amides is 2. The van der Waals surface area contributed by atoms with Crippen molar-refractivity contribution in [1.82, 2.24) is 10.3 Å². The van der Waals surface area contributed by atoms with Gasteiger partial charge in [0, 0.05) is 18.7 Å². The highest BCUT2D eigenvalue weighted by molar-refractivity contribution is 5.92. The van der Waals surface area contributed by atoms with E-state index < -0.39 is 6.09 Å². The summed E-state index contributed by atoms with van der Waals surface area (Å²) in [6.07, 6.45) is 6.71. The van der Waals surface area contributed by atoms with Crippen molar-refractivity contribution in [3.63, 3.8) is 0 Å². The maximum Gasteiger partial charge on any atom is 0.407 e. The van der Waals surface area contributed by atoms with Crippen LogP contribution in [0.5, 0.6) is 0 Å². The Hall–Kier alpha value is -2.89. The fourth-order valence-electron chi connectivity index (χ4n) is 3.46. The van der Waals surface area contributed by atoms with E-state index in [-0.39, 0.29) is 24.3 Å². The highest BCUT2D eigenvalue weighted by Gasteiger charge is 2.31. The zero-order valence-electron chi connectivity index (χ0n) is 15.3. The number of carbonyl (C=O) groups is 2. The lowest BCUT2D eigenvalue weighted by molar-refractivity contribution is -0.122. The number of aromatic nitrogens is 1. The minimum absolute atomic E-state index is 0.00727. The number of alkyl carbamates (subject to hydrolysis) is 1. The lowest BCUT2D eigenvalue weighted by Gasteiger charge is -2.30. The maximum absolute atomic E-state index is 12.7. The van der Waals surface area contributed by atoms with Crippen LogP contribution in [0.1, 0.15) is 31.2 Å². The number of benzene rings is 1. The molecule has 6 nitrogen and oxygen atoms in total. The molecule has 142 valence electrons. The molecule has 0 saturated heterocycles. The molecule has 1 aliphatic rings. The predicted molar refractivity (Wildman–Crippen MR) is 103 cm³/mol. The summed E-state index contributed by atoms with van der Waals surface area (Å²) in [6.45, 7) is 0.682. The second-order valence-corrected chi connectivity index (χ2v) is 6.82. The minimum Gasteiger partial charge on any atom is -0.445 e. The standard InChI is InChI=1S/C21H25N3O3/c25-20(24-18-10-6-12-22-14-18)19-11-5-4-9-17(19)13-23-21(26)27-15-16-7-2-1-3-8-16/h1-3,6-8,10,12,14,17,19H,4-5,9,11,13,15H2,(H,23,26)(H,24,25). The first kappa shape index (κ1) is 18.9. The van der Waals surface area contributed by atoms with E-state index >= 15 is 0 Å². The smallest absolute Gasteiger partial charge is 0.407 e. The van der Waals surface area contributed by atoms with E-state index in [2.05, 4.69) is 15.6 Å². The molecule has 1 fully saturated rings. The minimum atomic E-state index is -0.448. The Labute approximate surface area is 159 Å². The molecule has 1 aromatic carbocycles. The largest absolute Gasteiger partial charge is 0.445 e. The molecule has 0 spiro atoms. The summed E-state index contributed by atoms with van der Waals surface area (Å²) >= 11 is 0. The van der Waals surface area contributed by atoms with Crippen LogP contribution in [-0.2, 0) is 16.1 Å². The third-order valence-electron chi connectivity index (χ3n) is 4.90. The van der Waals surface area contributed by atoms with E-state index in [4.69, 9.17) is 4.74 Å². The zero-order valence-corrected chi connectivity index (χ0v) is 15.3. The van der Waals surface area contributed by atoms with Crippen LogP contribution in [0.15, 0.2) is 54.9 Å². The monoisotopic (exact) mass is 367 g/mol. The molecule has 1 saturated carbocycles. The summed E-state index contributed by atoms with van der Waals surface area (Å²) in [4.78, 5) is 28.7. The van der Waals surface area contributed by atoms with Crippen molar-refractivity contribution in [3.05, 3.63) is 60.4 Å². The Morgan fingerprint density at radius 3 is 2.67 bits per heavy atom. The quantitative estimate of drug-likeness (QED) is 0.815. The summed E-state index contributed by atoms with van der Waals surface area (Å²) in [6, 6.07) is 13.2. The highest BCUT2D eigenvalue weighted by Crippen LogP contribution is 2.30. The van der Waals surface area contributed by atoms with Crippen LogP contribution in [-0.4, -0.2) is 23.5 Å². The normalized spacial score (nSPS) is 19.1. The lowest BCUT2D eigenvalue weighted by atomic mass is 9.78. The molecule has 27 heavy (non-hydrogen) atoms. The number of pyridine rings is 1. The summed E-state index contributed by atoms with van der Waals surface area (Å²) in [5.41, 5.74) is 1.64. The van der Waals surface area contributed by atoms with Gasteiger partial charge in [0.15, 0.2) is 0 Å². The maximum atomic E-state index is 12.7. The molecule has 2 unspecified atom stereocenters. The predicted octanol–water partition coefficient (Wildman–Crippen LogP) is 3.75. The van der Waals surface area contributed by atoms with E-state index in [1.807, 2.05) is 36.4 Å². The molecule has 0 radical (unpaired) electrons. The first-order chi connectivity index (χ1) is 13.2. The molecular weight excluding hydrogens is 342 g/mol. The van der Waals surface area contributed by atoms with Gasteiger partial charge in [-0.05, 0) is 36.5 Å². The van der Waals surface area contributed by atoms with E-state index in [0.29, 0.717) is 12.2 Å². The van der Waals surface area contributed by atoms with Crippen LogP contribution >= 0.6 is 0 Å². The van der Waals surface area contributed by atoms with Crippen LogP contribution in [0.2, 0.25) is 0 Å². The van der Waals surface area contributed by atoms with Crippen LogP contribution in [0.25, 0.3) is 0 Å². The topological polar surface area (TPSA) is 80.3 Å². The van der Waals surface area contributed by atoms with Crippen molar-refractivity contribution in [2.75, 3.05) is 11.9 Å². The second kappa shape index (κ2) is 9.71. The Balaban J connectivity index is 1.48. The number of hydrogen-bond acceptors (Lipinski definition) is 4. The summed E-state index contributed by atoms with van der Waals surface area (Å²) in [7, 11) is 0. The van der Waals surface area contributed by atoms with Gasteiger partial charge >= 0.3 is 6.09 Å². The summed E-state index contributed by atoms with van der Waals surface area (Å²) in [5.74, 6) is -0.0137. The average molecular weight is 367 g/mol. The molecular formula is C21H25N3O3. The highest BCUT2D eigenvalue weighted by atomic mass is 16.5. The molecule has 6 heteroatoms. The third kappa shape index (κ3) is 5.81. The Kier molecular flexibility index (Phi) is 6.79. The van der Waals surface area contributed by atoms with E-state index in [0.717, 1.165) is 31.2 Å². The molecule has 1 aromatic heterocycles. The van der Waals surface area contributed by atoms with E-state index in [1.54, 1.807) is 18.5 Å². The van der Waals surface area contributed by atoms with Gasteiger partial charge in [-0.1, -0.05) is 43.2 Å². The molecule has 2 amide bonds. The number of rotatable bonds is 6. The van der Waals surface area contributed by atoms with Crippen molar-refractivity contribution < 1.29 is 14.3 Å². The van der Waals surface area contributed by atoms with Crippen molar-refractivity contribution in [2.45, 2.75) is 32.3 Å². The van der Waals surface area contributed by atoms with Gasteiger partial charge in [-0.3, -0.25) is 9.78 Å². The molecule has 0 bridgehead atoms. The molecule has 2 atom stereocenters. The number of carbonyl (C=O) groups excluding carboxylic acids is 2.